The molecule has 0 unspecified atom stereocenters. The maximum Gasteiger partial charge on any atom is 0.130 e. The van der Waals surface area contributed by atoms with Crippen molar-refractivity contribution in [2.45, 2.75) is 13.5 Å². The van der Waals surface area contributed by atoms with E-state index in [4.69, 9.17) is 4.74 Å². The van der Waals surface area contributed by atoms with Crippen LogP contribution in [0.5, 0.6) is 5.75 Å². The molecular formula is C11H12N2O. The molecule has 0 fully saturated rings. The fraction of sp³-hybridized carbons (Fsp3) is 0.182. The van der Waals surface area contributed by atoms with Crippen LogP contribution in [0.2, 0.25) is 0 Å². The van der Waals surface area contributed by atoms with Gasteiger partial charge in [-0.1, -0.05) is 18.2 Å². The van der Waals surface area contributed by atoms with E-state index < -0.39 is 0 Å². The van der Waals surface area contributed by atoms with Crippen LogP contribution in [0.15, 0.2) is 36.5 Å². The highest BCUT2D eigenvalue weighted by Crippen LogP contribution is 2.11. The van der Waals surface area contributed by atoms with Crippen molar-refractivity contribution in [2.75, 3.05) is 0 Å². The highest BCUT2D eigenvalue weighted by Gasteiger charge is 2.00. The summed E-state index contributed by atoms with van der Waals surface area (Å²) in [6, 6.07) is 9.75. The van der Waals surface area contributed by atoms with Crippen molar-refractivity contribution < 1.29 is 4.74 Å². The Balaban J connectivity index is 1.99. The molecule has 1 N–H and O–H groups in total. The molecule has 1 heterocycles. The molecule has 3 nitrogen and oxygen atoms in total. The Labute approximate surface area is 82.7 Å². The van der Waals surface area contributed by atoms with E-state index in [1.165, 1.54) is 0 Å². The molecule has 0 aliphatic carbocycles. The molecular weight excluding hydrogens is 176 g/mol. The fourth-order valence-corrected chi connectivity index (χ4v) is 1.19. The van der Waals surface area contributed by atoms with Gasteiger partial charge in [0.05, 0.1) is 11.9 Å². The molecule has 2 rings (SSSR count). The number of nitrogens with zero attached hydrogens (tertiary/aromatic N) is 1. The van der Waals surface area contributed by atoms with Gasteiger partial charge in [0.15, 0.2) is 0 Å². The first kappa shape index (κ1) is 8.81. The predicted octanol–water partition coefficient (Wildman–Crippen LogP) is 2.30. The van der Waals surface area contributed by atoms with E-state index in [1.54, 1.807) is 6.20 Å². The third kappa shape index (κ3) is 1.93. The number of nitrogens with one attached hydrogen (secondary N) is 1. The first-order valence-electron chi connectivity index (χ1n) is 4.53. The summed E-state index contributed by atoms with van der Waals surface area (Å²) in [6.45, 7) is 2.54. The molecule has 2 aromatic rings. The molecule has 0 amide bonds. The molecule has 72 valence electrons. The number of ether oxygens (including phenoxy) is 1. The van der Waals surface area contributed by atoms with Gasteiger partial charge in [-0.25, -0.2) is 0 Å². The van der Waals surface area contributed by atoms with Crippen molar-refractivity contribution >= 4 is 0 Å². The molecule has 0 bridgehead atoms. The van der Waals surface area contributed by atoms with Gasteiger partial charge in [-0.05, 0) is 24.6 Å². The second kappa shape index (κ2) is 3.96. The summed E-state index contributed by atoms with van der Waals surface area (Å²) >= 11 is 0. The van der Waals surface area contributed by atoms with E-state index in [9.17, 15) is 0 Å². The molecule has 0 atom stereocenters. The molecule has 14 heavy (non-hydrogen) atoms. The van der Waals surface area contributed by atoms with E-state index in [1.807, 2.05) is 37.3 Å². The molecule has 0 aliphatic rings. The number of hydrogen-bond donors (Lipinski definition) is 1. The average Bonchev–Trinajstić information content (AvgIpc) is 2.63. The molecule has 3 heteroatoms. The third-order valence-corrected chi connectivity index (χ3v) is 2.06. The number of para-hydroxylation sites is 1. The second-order valence-electron chi connectivity index (χ2n) is 3.13. The van der Waals surface area contributed by atoms with Gasteiger partial charge in [0.25, 0.3) is 0 Å². The van der Waals surface area contributed by atoms with Gasteiger partial charge in [0.1, 0.15) is 12.4 Å². The Bertz CT molecular complexity index is 395. The van der Waals surface area contributed by atoms with Crippen molar-refractivity contribution in [3.05, 3.63) is 47.8 Å². The summed E-state index contributed by atoms with van der Waals surface area (Å²) in [5, 5.41) is 6.83. The Morgan fingerprint density at radius 3 is 2.71 bits per heavy atom. The van der Waals surface area contributed by atoms with E-state index in [0.717, 1.165) is 17.0 Å². The zero-order valence-corrected chi connectivity index (χ0v) is 8.03. The third-order valence-electron chi connectivity index (χ3n) is 2.06. The van der Waals surface area contributed by atoms with Gasteiger partial charge in [-0.15, -0.1) is 0 Å². The summed E-state index contributed by atoms with van der Waals surface area (Å²) in [5.74, 6) is 0.876. The average molecular weight is 188 g/mol. The molecule has 0 aliphatic heterocycles. The second-order valence-corrected chi connectivity index (χ2v) is 3.13. The molecule has 1 aromatic carbocycles. The van der Waals surface area contributed by atoms with E-state index in [-0.39, 0.29) is 0 Å². The van der Waals surface area contributed by atoms with Gasteiger partial charge < -0.3 is 4.74 Å². The maximum atomic E-state index is 5.56. The molecule has 0 radical (unpaired) electrons. The molecule has 1 aromatic heterocycles. The molecule has 0 spiro atoms. The Morgan fingerprint density at radius 2 is 2.07 bits per heavy atom. The lowest BCUT2D eigenvalue weighted by Crippen LogP contribution is -1.97. The highest BCUT2D eigenvalue weighted by atomic mass is 16.5. The highest BCUT2D eigenvalue weighted by molar-refractivity contribution is 5.22. The maximum absolute atomic E-state index is 5.56. The van der Waals surface area contributed by atoms with Crippen LogP contribution in [-0.2, 0) is 6.61 Å². The number of aromatic nitrogens is 2. The first-order chi connectivity index (χ1) is 6.86. The number of aryl methyl sites for hydroxylation is 1. The van der Waals surface area contributed by atoms with Crippen LogP contribution >= 0.6 is 0 Å². The number of benzene rings is 1. The lowest BCUT2D eigenvalue weighted by molar-refractivity contribution is 0.300. The van der Waals surface area contributed by atoms with Gasteiger partial charge >= 0.3 is 0 Å². The lowest BCUT2D eigenvalue weighted by atomic mass is 10.3. The quantitative estimate of drug-likeness (QED) is 0.802. The minimum atomic E-state index is 0.538. The van der Waals surface area contributed by atoms with Gasteiger partial charge in [-0.2, -0.15) is 5.10 Å². The van der Waals surface area contributed by atoms with E-state index in [2.05, 4.69) is 10.2 Å². The topological polar surface area (TPSA) is 37.9 Å². The van der Waals surface area contributed by atoms with Crippen molar-refractivity contribution in [2.24, 2.45) is 0 Å². The van der Waals surface area contributed by atoms with Gasteiger partial charge in [0.2, 0.25) is 0 Å². The van der Waals surface area contributed by atoms with Crippen LogP contribution in [0.3, 0.4) is 0 Å². The smallest absolute Gasteiger partial charge is 0.130 e. The summed E-state index contributed by atoms with van der Waals surface area (Å²) in [7, 11) is 0. The molecule has 0 saturated carbocycles. The van der Waals surface area contributed by atoms with Crippen molar-refractivity contribution in [1.29, 1.82) is 0 Å². The standard InChI is InChI=1S/C11H12N2O/c1-9-7-12-13-11(9)8-14-10-5-3-2-4-6-10/h2-7H,8H2,1H3,(H,12,13). The van der Waals surface area contributed by atoms with Crippen LogP contribution in [0.25, 0.3) is 0 Å². The van der Waals surface area contributed by atoms with Crippen molar-refractivity contribution in [1.82, 2.24) is 10.2 Å². The number of aromatic amines is 1. The summed E-state index contributed by atoms with van der Waals surface area (Å²) in [6.07, 6.45) is 1.80. The van der Waals surface area contributed by atoms with Crippen LogP contribution in [0.4, 0.5) is 0 Å². The zero-order chi connectivity index (χ0) is 9.80. The Hall–Kier alpha value is -1.77. The first-order valence-corrected chi connectivity index (χ1v) is 4.53. The molecule has 0 saturated heterocycles. The Morgan fingerprint density at radius 1 is 1.29 bits per heavy atom. The van der Waals surface area contributed by atoms with Crippen LogP contribution in [-0.4, -0.2) is 10.2 Å². The predicted molar refractivity (Wildman–Crippen MR) is 54.1 cm³/mol. The van der Waals surface area contributed by atoms with E-state index in [0.29, 0.717) is 6.61 Å². The summed E-state index contributed by atoms with van der Waals surface area (Å²) in [4.78, 5) is 0. The fourth-order valence-electron chi connectivity index (χ4n) is 1.19. The number of H-pyrrole nitrogens is 1. The number of rotatable bonds is 3. The normalized spacial score (nSPS) is 10.1. The largest absolute Gasteiger partial charge is 0.487 e. The van der Waals surface area contributed by atoms with Gasteiger partial charge in [0, 0.05) is 0 Å². The minimum absolute atomic E-state index is 0.538. The minimum Gasteiger partial charge on any atom is -0.487 e. The summed E-state index contributed by atoms with van der Waals surface area (Å²) in [5.41, 5.74) is 2.15. The zero-order valence-electron chi connectivity index (χ0n) is 8.03. The van der Waals surface area contributed by atoms with Crippen molar-refractivity contribution in [3.63, 3.8) is 0 Å². The van der Waals surface area contributed by atoms with Gasteiger partial charge in [-0.3, -0.25) is 5.10 Å². The van der Waals surface area contributed by atoms with Crippen molar-refractivity contribution in [3.8, 4) is 5.75 Å². The van der Waals surface area contributed by atoms with E-state index >= 15 is 0 Å². The monoisotopic (exact) mass is 188 g/mol. The van der Waals surface area contributed by atoms with Crippen LogP contribution < -0.4 is 4.74 Å². The van der Waals surface area contributed by atoms with Crippen LogP contribution in [0.1, 0.15) is 11.3 Å². The SMILES string of the molecule is Cc1cn[nH]c1COc1ccccc1. The number of hydrogen-bond acceptors (Lipinski definition) is 2. The lowest BCUT2D eigenvalue weighted by Gasteiger charge is -2.04. The summed E-state index contributed by atoms with van der Waals surface area (Å²) < 4.78 is 5.56. The van der Waals surface area contributed by atoms with Crippen LogP contribution in [0, 0.1) is 6.92 Å². The Kier molecular flexibility index (Phi) is 2.49.